The molecule has 0 aliphatic carbocycles. The number of piperidine rings is 3. The van der Waals surface area contributed by atoms with Gasteiger partial charge in [-0.05, 0) is 118 Å². The maximum absolute atomic E-state index is 13.3. The highest BCUT2D eigenvalue weighted by Gasteiger charge is 2.46. The van der Waals surface area contributed by atoms with E-state index in [2.05, 4.69) is 61.0 Å². The van der Waals surface area contributed by atoms with Crippen molar-refractivity contribution in [1.82, 2.24) is 15.1 Å². The first-order chi connectivity index (χ1) is 26.6. The molecule has 3 aromatic carbocycles. The molecule has 6 aliphatic heterocycles. The van der Waals surface area contributed by atoms with Crippen LogP contribution in [-0.2, 0) is 9.59 Å². The number of nitrogens with zero attached hydrogens (tertiary/aromatic N) is 6. The Morgan fingerprint density at radius 1 is 0.800 bits per heavy atom. The first-order valence-corrected chi connectivity index (χ1v) is 20.1. The number of anilines is 3. The molecule has 0 saturated carbocycles. The highest BCUT2D eigenvalue weighted by molar-refractivity contribution is 6.33. The van der Waals surface area contributed by atoms with E-state index >= 15 is 0 Å². The zero-order chi connectivity index (χ0) is 38.0. The molecule has 5 fully saturated rings. The van der Waals surface area contributed by atoms with Crippen LogP contribution in [-0.4, -0.2) is 97.4 Å². The Hall–Kier alpha value is -4.92. The highest BCUT2D eigenvalue weighted by Crippen LogP contribution is 2.46. The second kappa shape index (κ2) is 14.0. The second-order valence-corrected chi connectivity index (χ2v) is 17.0. The van der Waals surface area contributed by atoms with Gasteiger partial charge in [-0.15, -0.1) is 0 Å². The number of carbonyl (C=O) groups is 4. The number of likely N-dealkylation sites (tertiary alicyclic amines) is 1. The number of nitrogens with one attached hydrogen (secondary N) is 1. The summed E-state index contributed by atoms with van der Waals surface area (Å²) in [7, 11) is 0. The van der Waals surface area contributed by atoms with Gasteiger partial charge in [0.2, 0.25) is 17.5 Å². The molecule has 5 saturated heterocycles. The van der Waals surface area contributed by atoms with Crippen molar-refractivity contribution < 1.29 is 19.2 Å². The number of imide groups is 2. The first kappa shape index (κ1) is 35.8. The molecule has 12 heteroatoms. The second-order valence-electron chi connectivity index (χ2n) is 16.6. The van der Waals surface area contributed by atoms with Crippen LogP contribution in [0.1, 0.15) is 84.1 Å². The van der Waals surface area contributed by atoms with Crippen molar-refractivity contribution in [1.29, 1.82) is 0 Å². The Morgan fingerprint density at radius 3 is 2.18 bits per heavy atom. The van der Waals surface area contributed by atoms with Crippen LogP contribution in [0.25, 0.3) is 4.85 Å². The van der Waals surface area contributed by atoms with Gasteiger partial charge >= 0.3 is 0 Å². The molecule has 0 bridgehead atoms. The Bertz CT molecular complexity index is 2090. The summed E-state index contributed by atoms with van der Waals surface area (Å²) in [5.41, 5.74) is 6.25. The van der Waals surface area contributed by atoms with Crippen LogP contribution in [0.5, 0.6) is 0 Å². The fourth-order valence-corrected chi connectivity index (χ4v) is 10.4. The van der Waals surface area contributed by atoms with Crippen LogP contribution in [0.15, 0.2) is 60.7 Å². The van der Waals surface area contributed by atoms with E-state index < -0.39 is 23.8 Å². The van der Waals surface area contributed by atoms with Crippen LogP contribution in [0.3, 0.4) is 0 Å². The fourth-order valence-electron chi connectivity index (χ4n) is 10.1. The maximum Gasteiger partial charge on any atom is 0.262 e. The Balaban J connectivity index is 0.746. The normalized spacial score (nSPS) is 24.7. The van der Waals surface area contributed by atoms with Crippen molar-refractivity contribution in [2.45, 2.75) is 75.9 Å². The van der Waals surface area contributed by atoms with E-state index in [1.165, 1.54) is 30.5 Å². The van der Waals surface area contributed by atoms with Crippen molar-refractivity contribution in [3.05, 3.63) is 93.8 Å². The molecule has 4 amide bonds. The van der Waals surface area contributed by atoms with Gasteiger partial charge in [-0.2, -0.15) is 0 Å². The van der Waals surface area contributed by atoms with Crippen molar-refractivity contribution in [2.75, 3.05) is 60.5 Å². The van der Waals surface area contributed by atoms with E-state index in [-0.39, 0.29) is 18.7 Å². The van der Waals surface area contributed by atoms with Crippen LogP contribution in [0.2, 0.25) is 5.02 Å². The first-order valence-electron chi connectivity index (χ1n) is 19.7. The van der Waals surface area contributed by atoms with E-state index in [1.807, 2.05) is 24.3 Å². The standard InChI is InChI=1S/C43H46ClN7O4/c1-27-23-43(26-50(27)32-8-10-37(45-2)36(44)22-32)15-19-48(20-16-43)30-5-3-28(4-6-30)29-13-17-47(18-14-29)33-24-49(25-33)31-7-9-34-35(21-31)42(55)51(41(34)54)38-11-12-39(52)46-40(38)53/h3-10,21-22,27,29,33,38H,11-20,23-26H2,1H3,(H,46,52,53)/t27-,38?/m0/s1. The number of amides is 4. The molecular weight excluding hydrogens is 714 g/mol. The van der Waals surface area contributed by atoms with Gasteiger partial charge < -0.3 is 14.7 Å². The number of rotatable bonds is 6. The Kier molecular flexibility index (Phi) is 9.09. The zero-order valence-corrected chi connectivity index (χ0v) is 31.9. The predicted octanol–water partition coefficient (Wildman–Crippen LogP) is 6.25. The lowest BCUT2D eigenvalue weighted by atomic mass is 9.76. The molecular formula is C43H46ClN7O4. The molecule has 11 nitrogen and oxygen atoms in total. The summed E-state index contributed by atoms with van der Waals surface area (Å²) in [6.45, 7) is 16.7. The minimum Gasteiger partial charge on any atom is -0.371 e. The molecule has 9 rings (SSSR count). The van der Waals surface area contributed by atoms with Crippen LogP contribution >= 0.6 is 11.6 Å². The number of fused-ring (bicyclic) bond motifs is 1. The van der Waals surface area contributed by atoms with Gasteiger partial charge in [0.1, 0.15) is 6.04 Å². The quantitative estimate of drug-likeness (QED) is 0.233. The van der Waals surface area contributed by atoms with Gasteiger partial charge in [0.05, 0.1) is 17.7 Å². The van der Waals surface area contributed by atoms with Crippen molar-refractivity contribution in [2.24, 2.45) is 5.41 Å². The molecule has 2 atom stereocenters. The lowest BCUT2D eigenvalue weighted by Crippen LogP contribution is -2.60. The van der Waals surface area contributed by atoms with Crippen molar-refractivity contribution in [3.8, 4) is 0 Å². The van der Waals surface area contributed by atoms with Gasteiger partial charge in [-0.1, -0.05) is 29.8 Å². The van der Waals surface area contributed by atoms with E-state index in [0.29, 0.717) is 45.3 Å². The molecule has 6 heterocycles. The van der Waals surface area contributed by atoms with Crippen LogP contribution < -0.4 is 20.0 Å². The number of halogens is 1. The molecule has 6 aliphatic rings. The zero-order valence-electron chi connectivity index (χ0n) is 31.2. The van der Waals surface area contributed by atoms with Gasteiger partial charge in [0.15, 0.2) is 0 Å². The minimum atomic E-state index is -0.955. The summed E-state index contributed by atoms with van der Waals surface area (Å²) < 4.78 is 0. The SMILES string of the molecule is [C-]#[N+]c1ccc(N2CC3(CCN(c4ccc(C5CCN(C6CN(c7ccc8c(c7)C(=O)N(C7CCC(=O)NC7=O)C8=O)C6)CC5)cc4)CC3)C[C@@H]2C)cc1Cl. The van der Waals surface area contributed by atoms with Gasteiger partial charge in [0.25, 0.3) is 11.8 Å². The molecule has 284 valence electrons. The van der Waals surface area contributed by atoms with Crippen molar-refractivity contribution >= 4 is 58.0 Å². The topological polar surface area (TPSA) is 101 Å². The molecule has 0 aromatic heterocycles. The third-order valence-corrected chi connectivity index (χ3v) is 13.7. The Labute approximate surface area is 327 Å². The van der Waals surface area contributed by atoms with Gasteiger partial charge in [0, 0.05) is 73.3 Å². The summed E-state index contributed by atoms with van der Waals surface area (Å²) in [4.78, 5) is 64.9. The van der Waals surface area contributed by atoms with E-state index in [1.54, 1.807) is 12.1 Å². The number of hydrogen-bond donors (Lipinski definition) is 1. The lowest BCUT2D eigenvalue weighted by molar-refractivity contribution is -0.136. The van der Waals surface area contributed by atoms with Gasteiger partial charge in [-0.3, -0.25) is 34.3 Å². The predicted molar refractivity (Wildman–Crippen MR) is 212 cm³/mol. The molecule has 1 unspecified atom stereocenters. The lowest BCUT2D eigenvalue weighted by Gasteiger charge is -2.48. The Morgan fingerprint density at radius 2 is 1.49 bits per heavy atom. The highest BCUT2D eigenvalue weighted by atomic mass is 35.5. The smallest absolute Gasteiger partial charge is 0.262 e. The van der Waals surface area contributed by atoms with E-state index in [9.17, 15) is 19.2 Å². The third-order valence-electron chi connectivity index (χ3n) is 13.4. The van der Waals surface area contributed by atoms with E-state index in [4.69, 9.17) is 18.2 Å². The number of carbonyl (C=O) groups excluding carboxylic acids is 4. The molecule has 1 N–H and O–H groups in total. The molecule has 1 spiro atoms. The number of hydrogen-bond acceptors (Lipinski definition) is 8. The summed E-state index contributed by atoms with van der Waals surface area (Å²) in [6.07, 6.45) is 6.06. The largest absolute Gasteiger partial charge is 0.371 e. The van der Waals surface area contributed by atoms with Gasteiger partial charge in [-0.25, -0.2) is 4.85 Å². The molecule has 55 heavy (non-hydrogen) atoms. The van der Waals surface area contributed by atoms with E-state index in [0.717, 1.165) is 74.9 Å². The minimum absolute atomic E-state index is 0.106. The summed E-state index contributed by atoms with van der Waals surface area (Å²) in [5.74, 6) is -1.35. The maximum atomic E-state index is 13.3. The molecule has 3 aromatic rings. The average molecular weight is 760 g/mol. The fraction of sp³-hybridized carbons (Fsp3) is 0.465. The average Bonchev–Trinajstić information content (AvgIpc) is 3.62. The summed E-state index contributed by atoms with van der Waals surface area (Å²) in [5, 5.41) is 2.79. The van der Waals surface area contributed by atoms with Crippen LogP contribution in [0.4, 0.5) is 22.7 Å². The monoisotopic (exact) mass is 759 g/mol. The van der Waals surface area contributed by atoms with Crippen molar-refractivity contribution in [3.63, 3.8) is 0 Å². The van der Waals surface area contributed by atoms with Crippen LogP contribution in [0, 0.1) is 12.0 Å². The summed E-state index contributed by atoms with van der Waals surface area (Å²) in [6, 6.07) is 20.5. The summed E-state index contributed by atoms with van der Waals surface area (Å²) >= 11 is 6.40. The third kappa shape index (κ3) is 6.43. The number of benzene rings is 3. The molecule has 0 radical (unpaired) electrons.